The van der Waals surface area contributed by atoms with Crippen molar-refractivity contribution in [3.8, 4) is 0 Å². The molecule has 0 bridgehead atoms. The van der Waals surface area contributed by atoms with E-state index in [-0.39, 0.29) is 17.8 Å². The average molecular weight is 532 g/mol. The Morgan fingerprint density at radius 3 is 2.38 bits per heavy atom. The topological polar surface area (TPSA) is 174 Å². The molecule has 0 unspecified atom stereocenters. The molecule has 3 aromatic rings. The minimum Gasteiger partial charge on any atom is -0.480 e. The number of hydrogen-bond donors (Lipinski definition) is 4. The summed E-state index contributed by atoms with van der Waals surface area (Å²) in [5.74, 6) is -1.59. The molecule has 0 radical (unpaired) electrons. The van der Waals surface area contributed by atoms with Crippen LogP contribution in [0.5, 0.6) is 0 Å². The van der Waals surface area contributed by atoms with Crippen molar-refractivity contribution in [1.29, 1.82) is 0 Å². The number of carboxylic acid groups (broad SMARTS) is 1. The van der Waals surface area contributed by atoms with Crippen LogP contribution in [0.25, 0.3) is 11.2 Å². The summed E-state index contributed by atoms with van der Waals surface area (Å²) >= 11 is 0. The first-order valence-corrected chi connectivity index (χ1v) is 13.6. The molecule has 0 aliphatic heterocycles. The van der Waals surface area contributed by atoms with Gasteiger partial charge in [0.1, 0.15) is 23.7 Å². The molecule has 3 rings (SSSR count). The number of hydrogen-bond acceptors (Lipinski definition) is 8. The third kappa shape index (κ3) is 6.91. The van der Waals surface area contributed by atoms with Gasteiger partial charge >= 0.3 is 5.97 Å². The van der Waals surface area contributed by atoms with Crippen LogP contribution >= 0.6 is 7.44 Å². The van der Waals surface area contributed by atoms with Crippen molar-refractivity contribution < 1.29 is 24.0 Å². The van der Waals surface area contributed by atoms with Gasteiger partial charge in [0.2, 0.25) is 0 Å². The zero-order valence-electron chi connectivity index (χ0n) is 21.8. The van der Waals surface area contributed by atoms with Crippen molar-refractivity contribution in [2.45, 2.75) is 65.1 Å². The van der Waals surface area contributed by atoms with Gasteiger partial charge in [-0.2, -0.15) is 0 Å². The number of ether oxygens (including phenoxy) is 1. The highest BCUT2D eigenvalue weighted by Crippen LogP contribution is 2.40. The van der Waals surface area contributed by atoms with Crippen LogP contribution in [0.3, 0.4) is 0 Å². The summed E-state index contributed by atoms with van der Waals surface area (Å²) in [7, 11) is -3.88. The van der Waals surface area contributed by atoms with E-state index < -0.39 is 37.3 Å². The van der Waals surface area contributed by atoms with Gasteiger partial charge < -0.3 is 20.1 Å². The third-order valence-electron chi connectivity index (χ3n) is 5.71. The minimum absolute atomic E-state index is 0.0976. The molecule has 0 spiro atoms. The van der Waals surface area contributed by atoms with Gasteiger partial charge in [-0.25, -0.2) is 20.0 Å². The fourth-order valence-electron chi connectivity index (χ4n) is 3.54. The number of nitrogens with one attached hydrogen (secondary N) is 2. The Hall–Kier alpha value is -3.34. The molecule has 2 heterocycles. The predicted molar refractivity (Wildman–Crippen MR) is 140 cm³/mol. The molecule has 12 nitrogen and oxygen atoms in total. The van der Waals surface area contributed by atoms with Crippen LogP contribution in [0.15, 0.2) is 36.9 Å². The van der Waals surface area contributed by atoms with Crippen molar-refractivity contribution >= 4 is 36.3 Å². The molecule has 0 aliphatic rings. The number of carbonyl (C=O) groups excluding carboxylic acids is 1. The molecule has 1 aromatic carbocycles. The number of fused-ring (bicyclic) bond motifs is 1. The van der Waals surface area contributed by atoms with Crippen LogP contribution in [0.4, 0.5) is 5.82 Å². The molecule has 13 heteroatoms. The predicted octanol–water partition coefficient (Wildman–Crippen LogP) is 3.14. The van der Waals surface area contributed by atoms with E-state index in [2.05, 4.69) is 45.9 Å². The van der Waals surface area contributed by atoms with Crippen molar-refractivity contribution in [2.75, 3.05) is 12.1 Å². The average Bonchev–Trinajstić information content (AvgIpc) is 3.21. The number of amides is 1. The number of benzene rings is 1. The normalized spacial score (nSPS) is 14.8. The molecule has 2 aromatic heterocycles. The number of aromatic nitrogens is 4. The molecule has 0 fully saturated rings. The van der Waals surface area contributed by atoms with Crippen molar-refractivity contribution in [3.63, 3.8) is 0 Å². The lowest BCUT2D eigenvalue weighted by Crippen LogP contribution is -2.48. The highest BCUT2D eigenvalue weighted by Gasteiger charge is 2.38. The molecule has 1 amide bonds. The molecule has 5 N–H and O–H groups in total. The quantitative estimate of drug-likeness (QED) is 0.284. The number of imidazole rings is 1. The Morgan fingerprint density at radius 1 is 1.14 bits per heavy atom. The fourth-order valence-corrected chi connectivity index (χ4v) is 5.64. The molecule has 200 valence electrons. The maximum atomic E-state index is 13.8. The van der Waals surface area contributed by atoms with Crippen LogP contribution < -0.4 is 15.9 Å². The zero-order valence-corrected chi connectivity index (χ0v) is 22.7. The smallest absolute Gasteiger partial charge is 0.323 e. The van der Waals surface area contributed by atoms with Crippen molar-refractivity contribution in [2.24, 2.45) is 0 Å². The second-order valence-corrected chi connectivity index (χ2v) is 12.7. The van der Waals surface area contributed by atoms with E-state index in [1.807, 2.05) is 12.1 Å². The Bertz CT molecular complexity index is 1330. The summed E-state index contributed by atoms with van der Waals surface area (Å²) in [4.78, 5) is 37.0. The second kappa shape index (κ2) is 10.6. The van der Waals surface area contributed by atoms with Gasteiger partial charge in [-0.05, 0) is 43.9 Å². The Kier molecular flexibility index (Phi) is 8.06. The molecule has 2 atom stereocenters. The standard InChI is InChI=1S/C24H34N7O5P/c1-15(11-31-13-28-18-19(25)26-12-27-20(18)31)36-14-37(35,30-24(5,6)22(33)34)29-21(32)16-7-9-17(10-8-16)23(2,3)4/h7-10,12-13,15H,11,14H2,1-6H3,(H,33,34)(H2,25,26,27)(H2,29,30,32,35)/t15-,37+/m1/s1. The van der Waals surface area contributed by atoms with Gasteiger partial charge in [0.25, 0.3) is 13.4 Å². The summed E-state index contributed by atoms with van der Waals surface area (Å²) in [5.41, 5.74) is 6.43. The highest BCUT2D eigenvalue weighted by molar-refractivity contribution is 7.60. The van der Waals surface area contributed by atoms with Crippen LogP contribution in [-0.2, 0) is 26.1 Å². The van der Waals surface area contributed by atoms with Gasteiger partial charge in [-0.3, -0.25) is 19.2 Å². The van der Waals surface area contributed by atoms with Crippen molar-refractivity contribution in [1.82, 2.24) is 29.7 Å². The Balaban J connectivity index is 1.76. The maximum absolute atomic E-state index is 13.8. The number of nitrogens with zero attached hydrogens (tertiary/aromatic N) is 4. The van der Waals surface area contributed by atoms with E-state index in [1.165, 1.54) is 20.2 Å². The first-order chi connectivity index (χ1) is 17.1. The highest BCUT2D eigenvalue weighted by atomic mass is 31.2. The van der Waals surface area contributed by atoms with Crippen molar-refractivity contribution in [3.05, 3.63) is 48.0 Å². The molecule has 0 saturated heterocycles. The number of nitrogen functional groups attached to an aromatic ring is 1. The lowest BCUT2D eigenvalue weighted by Gasteiger charge is -2.29. The largest absolute Gasteiger partial charge is 0.480 e. The van der Waals surface area contributed by atoms with E-state index in [9.17, 15) is 19.3 Å². The lowest BCUT2D eigenvalue weighted by atomic mass is 9.87. The van der Waals surface area contributed by atoms with Crippen LogP contribution in [0.2, 0.25) is 0 Å². The monoisotopic (exact) mass is 531 g/mol. The van der Waals surface area contributed by atoms with Gasteiger partial charge in [0, 0.05) is 5.56 Å². The zero-order chi connectivity index (χ0) is 27.6. The van der Waals surface area contributed by atoms with Gasteiger partial charge in [-0.1, -0.05) is 32.9 Å². The third-order valence-corrected chi connectivity index (χ3v) is 7.71. The van der Waals surface area contributed by atoms with E-state index in [4.69, 9.17) is 10.5 Å². The summed E-state index contributed by atoms with van der Waals surface area (Å²) in [5, 5.41) is 14.7. The van der Waals surface area contributed by atoms with E-state index in [0.717, 1.165) is 5.56 Å². The summed E-state index contributed by atoms with van der Waals surface area (Å²) < 4.78 is 21.4. The number of carbonyl (C=O) groups is 2. The minimum atomic E-state index is -3.88. The van der Waals surface area contributed by atoms with E-state index in [1.54, 1.807) is 30.0 Å². The van der Waals surface area contributed by atoms with Gasteiger partial charge in [-0.15, -0.1) is 0 Å². The van der Waals surface area contributed by atoms with Crippen LogP contribution in [0, 0.1) is 0 Å². The molecule has 37 heavy (non-hydrogen) atoms. The Labute approximate surface area is 215 Å². The lowest BCUT2D eigenvalue weighted by molar-refractivity contribution is -0.142. The van der Waals surface area contributed by atoms with E-state index in [0.29, 0.717) is 16.7 Å². The first kappa shape index (κ1) is 28.2. The number of anilines is 1. The molecular weight excluding hydrogens is 497 g/mol. The first-order valence-electron chi connectivity index (χ1n) is 11.7. The second-order valence-electron chi connectivity index (χ2n) is 10.5. The SMILES string of the molecule is C[C@H](Cn1cnc2c(N)ncnc21)OC[P@](=O)(NC(=O)c1ccc(C(C)(C)C)cc1)NC(C)(C)C(=O)O. The van der Waals surface area contributed by atoms with Crippen LogP contribution in [-0.4, -0.2) is 54.5 Å². The maximum Gasteiger partial charge on any atom is 0.323 e. The summed E-state index contributed by atoms with van der Waals surface area (Å²) in [6.07, 6.45) is 1.93. The number of nitrogens with two attached hydrogens (primary N) is 1. The molecule has 0 saturated carbocycles. The Morgan fingerprint density at radius 2 is 1.78 bits per heavy atom. The fraction of sp³-hybridized carbons (Fsp3) is 0.458. The van der Waals surface area contributed by atoms with E-state index >= 15 is 0 Å². The van der Waals surface area contributed by atoms with Crippen LogP contribution in [0.1, 0.15) is 57.5 Å². The summed E-state index contributed by atoms with van der Waals surface area (Å²) in [6.45, 7) is 10.9. The number of carboxylic acids is 1. The molecule has 0 aliphatic carbocycles. The number of aliphatic carboxylic acids is 1. The molecular formula is C24H34N7O5P. The van der Waals surface area contributed by atoms with Gasteiger partial charge in [0.15, 0.2) is 11.5 Å². The van der Waals surface area contributed by atoms with Gasteiger partial charge in [0.05, 0.1) is 19.0 Å². The number of rotatable bonds is 10. The summed E-state index contributed by atoms with van der Waals surface area (Å²) in [6, 6.07) is 6.95.